The molecule has 1 aromatic heterocycles. The molecule has 3 aromatic rings. The van der Waals surface area contributed by atoms with Crippen molar-refractivity contribution in [3.05, 3.63) is 58.1 Å². The Morgan fingerprint density at radius 2 is 2.00 bits per heavy atom. The zero-order valence-corrected chi connectivity index (χ0v) is 13.8. The van der Waals surface area contributed by atoms with Crippen LogP contribution >= 0.6 is 22.9 Å². The van der Waals surface area contributed by atoms with Gasteiger partial charge >= 0.3 is 6.18 Å². The van der Waals surface area contributed by atoms with Gasteiger partial charge in [-0.1, -0.05) is 35.1 Å². The van der Waals surface area contributed by atoms with Gasteiger partial charge in [0.05, 0.1) is 20.8 Å². The maximum Gasteiger partial charge on any atom is 0.416 e. The third kappa shape index (κ3) is 3.22. The molecule has 0 unspecified atom stereocenters. The number of amides is 1. The van der Waals surface area contributed by atoms with Crippen LogP contribution in [-0.2, 0) is 6.18 Å². The monoisotopic (exact) mass is 370 g/mol. The van der Waals surface area contributed by atoms with E-state index in [0.717, 1.165) is 22.4 Å². The second kappa shape index (κ2) is 6.07. The van der Waals surface area contributed by atoms with Crippen molar-refractivity contribution in [1.82, 2.24) is 4.98 Å². The molecular formula is C16H10ClF3N2OS. The maximum atomic E-state index is 12.7. The predicted octanol–water partition coefficient (Wildman–Crippen LogP) is 5.53. The van der Waals surface area contributed by atoms with E-state index in [-0.39, 0.29) is 10.7 Å². The fraction of sp³-hybridized carbons (Fsp3) is 0.125. The molecule has 0 spiro atoms. The number of carbonyl (C=O) groups is 1. The molecule has 0 atom stereocenters. The summed E-state index contributed by atoms with van der Waals surface area (Å²) in [4.78, 5) is 16.5. The number of thiazole rings is 1. The zero-order chi connectivity index (χ0) is 17.5. The number of aromatic nitrogens is 1. The Hall–Kier alpha value is -2.12. The minimum Gasteiger partial charge on any atom is -0.298 e. The molecular weight excluding hydrogens is 361 g/mol. The highest BCUT2D eigenvalue weighted by molar-refractivity contribution is 7.23. The van der Waals surface area contributed by atoms with Crippen LogP contribution in [0.2, 0.25) is 5.02 Å². The lowest BCUT2D eigenvalue weighted by atomic mass is 10.1. The summed E-state index contributed by atoms with van der Waals surface area (Å²) >= 11 is 7.27. The van der Waals surface area contributed by atoms with Gasteiger partial charge in [0.15, 0.2) is 5.13 Å². The smallest absolute Gasteiger partial charge is 0.298 e. The van der Waals surface area contributed by atoms with Crippen molar-refractivity contribution in [2.75, 3.05) is 5.32 Å². The number of fused-ring (bicyclic) bond motifs is 1. The number of nitrogens with zero attached hydrogens (tertiary/aromatic N) is 1. The van der Waals surface area contributed by atoms with Crippen molar-refractivity contribution in [3.8, 4) is 0 Å². The Morgan fingerprint density at radius 1 is 1.25 bits per heavy atom. The van der Waals surface area contributed by atoms with E-state index in [1.165, 1.54) is 23.5 Å². The molecule has 2 aromatic carbocycles. The number of alkyl halides is 3. The molecule has 0 saturated carbocycles. The molecule has 1 amide bonds. The first kappa shape index (κ1) is 16.7. The largest absolute Gasteiger partial charge is 0.416 e. The van der Waals surface area contributed by atoms with Crippen LogP contribution < -0.4 is 5.32 Å². The van der Waals surface area contributed by atoms with Crippen LogP contribution in [0.25, 0.3) is 10.2 Å². The highest BCUT2D eigenvalue weighted by Gasteiger charge is 2.31. The highest BCUT2D eigenvalue weighted by Crippen LogP contribution is 2.34. The molecule has 3 rings (SSSR count). The summed E-state index contributed by atoms with van der Waals surface area (Å²) in [6.07, 6.45) is -4.50. The van der Waals surface area contributed by atoms with E-state index < -0.39 is 17.6 Å². The van der Waals surface area contributed by atoms with Crippen molar-refractivity contribution in [2.45, 2.75) is 13.1 Å². The van der Waals surface area contributed by atoms with Gasteiger partial charge in [0.25, 0.3) is 5.91 Å². The number of carbonyl (C=O) groups excluding carboxylic acids is 1. The Labute approximate surface area is 144 Å². The first-order chi connectivity index (χ1) is 11.3. The van der Waals surface area contributed by atoms with E-state index >= 15 is 0 Å². The number of rotatable bonds is 2. The lowest BCUT2D eigenvalue weighted by molar-refractivity contribution is -0.137. The first-order valence-electron chi connectivity index (χ1n) is 6.80. The standard InChI is InChI=1S/C16H10ClF3N2OS/c1-8-5-6-11(17)13-12(8)21-15(24-13)22-14(23)9-3-2-4-10(7-9)16(18,19)20/h2-7H,1H3,(H,21,22,23). The molecule has 0 radical (unpaired) electrons. The summed E-state index contributed by atoms with van der Waals surface area (Å²) < 4.78 is 38.9. The molecule has 24 heavy (non-hydrogen) atoms. The normalized spacial score (nSPS) is 11.7. The fourth-order valence-corrected chi connectivity index (χ4v) is 3.37. The van der Waals surface area contributed by atoms with E-state index in [2.05, 4.69) is 10.3 Å². The van der Waals surface area contributed by atoms with Crippen LogP contribution in [0.5, 0.6) is 0 Å². The van der Waals surface area contributed by atoms with Crippen LogP contribution in [0.15, 0.2) is 36.4 Å². The topological polar surface area (TPSA) is 42.0 Å². The summed E-state index contributed by atoms with van der Waals surface area (Å²) in [6.45, 7) is 1.86. The number of nitrogens with one attached hydrogen (secondary N) is 1. The van der Waals surface area contributed by atoms with Gasteiger partial charge in [-0.15, -0.1) is 0 Å². The maximum absolute atomic E-state index is 12.7. The summed E-state index contributed by atoms with van der Waals surface area (Å²) in [7, 11) is 0. The van der Waals surface area contributed by atoms with Crippen LogP contribution in [0, 0.1) is 6.92 Å². The molecule has 0 bridgehead atoms. The molecule has 0 saturated heterocycles. The summed E-state index contributed by atoms with van der Waals surface area (Å²) in [5, 5.41) is 3.31. The predicted molar refractivity (Wildman–Crippen MR) is 88.8 cm³/mol. The molecule has 1 N–H and O–H groups in total. The number of benzene rings is 2. The zero-order valence-electron chi connectivity index (χ0n) is 12.2. The Kier molecular flexibility index (Phi) is 4.23. The van der Waals surface area contributed by atoms with Gasteiger partial charge in [0, 0.05) is 5.56 Å². The van der Waals surface area contributed by atoms with E-state index in [1.54, 1.807) is 6.07 Å². The van der Waals surface area contributed by atoms with Crippen molar-refractivity contribution in [1.29, 1.82) is 0 Å². The lowest BCUT2D eigenvalue weighted by Crippen LogP contribution is -2.13. The average Bonchev–Trinajstić information content (AvgIpc) is 2.95. The van der Waals surface area contributed by atoms with Crippen LogP contribution in [-0.4, -0.2) is 10.9 Å². The van der Waals surface area contributed by atoms with Gasteiger partial charge in [-0.3, -0.25) is 10.1 Å². The van der Waals surface area contributed by atoms with Crippen LogP contribution in [0.3, 0.4) is 0 Å². The minimum absolute atomic E-state index is 0.0908. The second-order valence-corrected chi connectivity index (χ2v) is 6.50. The van der Waals surface area contributed by atoms with E-state index in [4.69, 9.17) is 11.6 Å². The molecule has 0 aliphatic rings. The van der Waals surface area contributed by atoms with E-state index in [0.29, 0.717) is 10.5 Å². The summed E-state index contributed by atoms with van der Waals surface area (Å²) in [5.74, 6) is -0.658. The van der Waals surface area contributed by atoms with Crippen molar-refractivity contribution in [3.63, 3.8) is 0 Å². The van der Waals surface area contributed by atoms with Crippen LogP contribution in [0.1, 0.15) is 21.5 Å². The fourth-order valence-electron chi connectivity index (χ4n) is 2.16. The molecule has 0 fully saturated rings. The second-order valence-electron chi connectivity index (χ2n) is 5.09. The van der Waals surface area contributed by atoms with Crippen molar-refractivity contribution >= 4 is 44.2 Å². The third-order valence-electron chi connectivity index (χ3n) is 3.37. The molecule has 124 valence electrons. The Morgan fingerprint density at radius 3 is 2.67 bits per heavy atom. The quantitative estimate of drug-likeness (QED) is 0.644. The van der Waals surface area contributed by atoms with E-state index in [1.807, 2.05) is 13.0 Å². The van der Waals surface area contributed by atoms with Gasteiger partial charge in [-0.25, -0.2) is 4.98 Å². The van der Waals surface area contributed by atoms with Gasteiger partial charge in [-0.2, -0.15) is 13.2 Å². The van der Waals surface area contributed by atoms with Crippen LogP contribution in [0.4, 0.5) is 18.3 Å². The average molecular weight is 371 g/mol. The molecule has 0 aliphatic carbocycles. The van der Waals surface area contributed by atoms with Crippen molar-refractivity contribution in [2.24, 2.45) is 0 Å². The van der Waals surface area contributed by atoms with E-state index in [9.17, 15) is 18.0 Å². The van der Waals surface area contributed by atoms with Gasteiger partial charge in [0.2, 0.25) is 0 Å². The SMILES string of the molecule is Cc1ccc(Cl)c2sc(NC(=O)c3cccc(C(F)(F)F)c3)nc12. The Bertz CT molecular complexity index is 898. The minimum atomic E-state index is -4.50. The lowest BCUT2D eigenvalue weighted by Gasteiger charge is -2.08. The number of anilines is 1. The number of aryl methyl sites for hydroxylation is 1. The van der Waals surface area contributed by atoms with Crippen molar-refractivity contribution < 1.29 is 18.0 Å². The third-order valence-corrected chi connectivity index (χ3v) is 4.80. The number of hydrogen-bond donors (Lipinski definition) is 1. The summed E-state index contributed by atoms with van der Waals surface area (Å²) in [6, 6.07) is 7.77. The van der Waals surface area contributed by atoms with Gasteiger partial charge < -0.3 is 0 Å². The Balaban J connectivity index is 1.90. The summed E-state index contributed by atoms with van der Waals surface area (Å²) in [5.41, 5.74) is 0.585. The number of halogens is 4. The first-order valence-corrected chi connectivity index (χ1v) is 7.99. The van der Waals surface area contributed by atoms with Gasteiger partial charge in [0.1, 0.15) is 0 Å². The number of hydrogen-bond acceptors (Lipinski definition) is 3. The molecule has 0 aliphatic heterocycles. The molecule has 3 nitrogen and oxygen atoms in total. The highest BCUT2D eigenvalue weighted by atomic mass is 35.5. The molecule has 1 heterocycles. The van der Waals surface area contributed by atoms with Gasteiger partial charge in [-0.05, 0) is 36.8 Å². The molecule has 8 heteroatoms.